The number of benzene rings is 1. The van der Waals surface area contributed by atoms with E-state index in [0.29, 0.717) is 0 Å². The molecule has 1 aromatic carbocycles. The molecule has 2 nitrogen and oxygen atoms in total. The van der Waals surface area contributed by atoms with E-state index in [0.717, 1.165) is 5.69 Å². The Balaban J connectivity index is 2.74. The monoisotopic (exact) mass is 174 g/mol. The first-order chi connectivity index (χ1) is 6.20. The maximum absolute atomic E-state index is 5.85. The van der Waals surface area contributed by atoms with Gasteiger partial charge in [-0.2, -0.15) is 0 Å². The van der Waals surface area contributed by atoms with Crippen molar-refractivity contribution < 1.29 is 0 Å². The minimum absolute atomic E-state index is 0.0763. The number of nitrogens with one attached hydrogen (secondary N) is 1. The molecule has 0 saturated carbocycles. The van der Waals surface area contributed by atoms with Crippen LogP contribution in [0, 0.1) is 6.92 Å². The van der Waals surface area contributed by atoms with Gasteiger partial charge < -0.3 is 10.7 Å². The fraction of sp³-hybridized carbons (Fsp3) is 0.273. The maximum atomic E-state index is 5.85. The largest absolute Gasteiger partial charge is 0.357 e. The SMILES string of the molecule is Cc1c(C(C)N)[nH]c2ccccc12. The summed E-state index contributed by atoms with van der Waals surface area (Å²) in [5.41, 5.74) is 9.43. The van der Waals surface area contributed by atoms with Gasteiger partial charge in [0.25, 0.3) is 0 Å². The van der Waals surface area contributed by atoms with Gasteiger partial charge in [0.2, 0.25) is 0 Å². The van der Waals surface area contributed by atoms with Crippen molar-refractivity contribution in [3.05, 3.63) is 35.5 Å². The molecule has 1 heterocycles. The highest BCUT2D eigenvalue weighted by molar-refractivity contribution is 5.84. The number of H-pyrrole nitrogens is 1. The Labute approximate surface area is 77.8 Å². The van der Waals surface area contributed by atoms with E-state index in [-0.39, 0.29) is 6.04 Å². The average molecular weight is 174 g/mol. The van der Waals surface area contributed by atoms with Gasteiger partial charge in [0, 0.05) is 22.6 Å². The fourth-order valence-electron chi connectivity index (χ4n) is 1.76. The van der Waals surface area contributed by atoms with Crippen molar-refractivity contribution in [2.24, 2.45) is 5.73 Å². The summed E-state index contributed by atoms with van der Waals surface area (Å²) in [6, 6.07) is 8.35. The standard InChI is InChI=1S/C11H14N2/c1-7-9-5-3-4-6-10(9)13-11(7)8(2)12/h3-6,8,13H,12H2,1-2H3. The number of fused-ring (bicyclic) bond motifs is 1. The van der Waals surface area contributed by atoms with Crippen LogP contribution in [0.4, 0.5) is 0 Å². The van der Waals surface area contributed by atoms with E-state index in [1.165, 1.54) is 16.5 Å². The third-order valence-electron chi connectivity index (χ3n) is 2.46. The Bertz CT molecular complexity index is 427. The predicted molar refractivity (Wildman–Crippen MR) is 55.6 cm³/mol. The molecule has 3 N–H and O–H groups in total. The molecule has 1 atom stereocenters. The Hall–Kier alpha value is -1.28. The zero-order chi connectivity index (χ0) is 9.42. The van der Waals surface area contributed by atoms with Gasteiger partial charge in [-0.05, 0) is 25.5 Å². The van der Waals surface area contributed by atoms with E-state index in [4.69, 9.17) is 5.73 Å². The van der Waals surface area contributed by atoms with Crippen LogP contribution in [0.3, 0.4) is 0 Å². The molecule has 2 heteroatoms. The first kappa shape index (κ1) is 8.32. The molecule has 0 fully saturated rings. The van der Waals surface area contributed by atoms with E-state index in [1.54, 1.807) is 0 Å². The molecule has 0 aliphatic rings. The maximum Gasteiger partial charge on any atom is 0.0459 e. The van der Waals surface area contributed by atoms with E-state index in [9.17, 15) is 0 Å². The normalized spacial score (nSPS) is 13.5. The summed E-state index contributed by atoms with van der Waals surface area (Å²) in [6.07, 6.45) is 0. The van der Waals surface area contributed by atoms with Crippen LogP contribution in [0.2, 0.25) is 0 Å². The lowest BCUT2D eigenvalue weighted by atomic mass is 10.1. The Morgan fingerprint density at radius 2 is 2.00 bits per heavy atom. The summed E-state index contributed by atoms with van der Waals surface area (Å²) in [6.45, 7) is 4.11. The van der Waals surface area contributed by atoms with Crippen LogP contribution in [0.25, 0.3) is 10.9 Å². The number of para-hydroxylation sites is 1. The minimum Gasteiger partial charge on any atom is -0.357 e. The lowest BCUT2D eigenvalue weighted by Gasteiger charge is -2.02. The Morgan fingerprint density at radius 1 is 1.31 bits per heavy atom. The number of nitrogens with two attached hydrogens (primary N) is 1. The summed E-state index contributed by atoms with van der Waals surface area (Å²) in [5, 5.41) is 1.27. The molecule has 2 rings (SSSR count). The molecule has 0 spiro atoms. The van der Waals surface area contributed by atoms with Crippen molar-refractivity contribution in [2.45, 2.75) is 19.9 Å². The van der Waals surface area contributed by atoms with Gasteiger partial charge in [-0.15, -0.1) is 0 Å². The van der Waals surface area contributed by atoms with Crippen molar-refractivity contribution in [1.29, 1.82) is 0 Å². The van der Waals surface area contributed by atoms with Crippen LogP contribution < -0.4 is 5.73 Å². The molecule has 13 heavy (non-hydrogen) atoms. The highest BCUT2D eigenvalue weighted by Gasteiger charge is 2.09. The highest BCUT2D eigenvalue weighted by Crippen LogP contribution is 2.24. The molecule has 1 aromatic heterocycles. The van der Waals surface area contributed by atoms with Gasteiger partial charge in [-0.3, -0.25) is 0 Å². The molecular formula is C11H14N2. The lowest BCUT2D eigenvalue weighted by Crippen LogP contribution is -2.06. The smallest absolute Gasteiger partial charge is 0.0459 e. The van der Waals surface area contributed by atoms with Crippen molar-refractivity contribution in [3.63, 3.8) is 0 Å². The summed E-state index contributed by atoms with van der Waals surface area (Å²) in [4.78, 5) is 3.34. The quantitative estimate of drug-likeness (QED) is 0.685. The van der Waals surface area contributed by atoms with Crippen molar-refractivity contribution in [3.8, 4) is 0 Å². The zero-order valence-electron chi connectivity index (χ0n) is 7.96. The first-order valence-corrected chi connectivity index (χ1v) is 4.53. The van der Waals surface area contributed by atoms with Crippen molar-refractivity contribution >= 4 is 10.9 Å². The Kier molecular flexibility index (Phi) is 1.85. The second kappa shape index (κ2) is 2.89. The Morgan fingerprint density at radius 3 is 2.62 bits per heavy atom. The van der Waals surface area contributed by atoms with Crippen LogP contribution in [0.15, 0.2) is 24.3 Å². The number of hydrogen-bond acceptors (Lipinski definition) is 1. The van der Waals surface area contributed by atoms with Gasteiger partial charge in [0.1, 0.15) is 0 Å². The highest BCUT2D eigenvalue weighted by atomic mass is 14.8. The van der Waals surface area contributed by atoms with E-state index in [2.05, 4.69) is 24.0 Å². The van der Waals surface area contributed by atoms with E-state index < -0.39 is 0 Å². The van der Waals surface area contributed by atoms with Gasteiger partial charge in [-0.25, -0.2) is 0 Å². The van der Waals surface area contributed by atoms with Gasteiger partial charge in [0.15, 0.2) is 0 Å². The van der Waals surface area contributed by atoms with Gasteiger partial charge >= 0.3 is 0 Å². The molecule has 0 radical (unpaired) electrons. The lowest BCUT2D eigenvalue weighted by molar-refractivity contribution is 0.785. The molecule has 2 aromatic rings. The van der Waals surface area contributed by atoms with Gasteiger partial charge in [0.05, 0.1) is 0 Å². The number of rotatable bonds is 1. The third kappa shape index (κ3) is 1.23. The summed E-state index contributed by atoms with van der Waals surface area (Å²) in [7, 11) is 0. The fourth-order valence-corrected chi connectivity index (χ4v) is 1.76. The van der Waals surface area contributed by atoms with Crippen LogP contribution in [-0.4, -0.2) is 4.98 Å². The van der Waals surface area contributed by atoms with E-state index in [1.807, 2.05) is 19.1 Å². The molecule has 0 aliphatic carbocycles. The number of aromatic nitrogens is 1. The minimum atomic E-state index is 0.0763. The topological polar surface area (TPSA) is 41.8 Å². The zero-order valence-corrected chi connectivity index (χ0v) is 7.96. The molecule has 0 amide bonds. The number of aryl methyl sites for hydroxylation is 1. The predicted octanol–water partition coefficient (Wildman–Crippen LogP) is 2.50. The number of hydrogen-bond donors (Lipinski definition) is 2. The number of aromatic amines is 1. The van der Waals surface area contributed by atoms with Crippen LogP contribution in [0.1, 0.15) is 24.2 Å². The molecule has 68 valence electrons. The molecule has 1 unspecified atom stereocenters. The second-order valence-corrected chi connectivity index (χ2v) is 3.50. The average Bonchev–Trinajstić information content (AvgIpc) is 2.45. The first-order valence-electron chi connectivity index (χ1n) is 4.53. The van der Waals surface area contributed by atoms with Crippen molar-refractivity contribution in [1.82, 2.24) is 4.98 Å². The second-order valence-electron chi connectivity index (χ2n) is 3.50. The van der Waals surface area contributed by atoms with Crippen LogP contribution >= 0.6 is 0 Å². The van der Waals surface area contributed by atoms with Crippen molar-refractivity contribution in [2.75, 3.05) is 0 Å². The molecular weight excluding hydrogens is 160 g/mol. The summed E-state index contributed by atoms with van der Waals surface area (Å²) >= 11 is 0. The van der Waals surface area contributed by atoms with Gasteiger partial charge in [-0.1, -0.05) is 18.2 Å². The van der Waals surface area contributed by atoms with E-state index >= 15 is 0 Å². The van der Waals surface area contributed by atoms with Crippen LogP contribution in [-0.2, 0) is 0 Å². The summed E-state index contributed by atoms with van der Waals surface area (Å²) < 4.78 is 0. The molecule has 0 aliphatic heterocycles. The molecule has 0 bridgehead atoms. The van der Waals surface area contributed by atoms with Crippen LogP contribution in [0.5, 0.6) is 0 Å². The summed E-state index contributed by atoms with van der Waals surface area (Å²) in [5.74, 6) is 0. The molecule has 0 saturated heterocycles. The third-order valence-corrected chi connectivity index (χ3v) is 2.46.